The van der Waals surface area contributed by atoms with Crippen LogP contribution in [0.4, 0.5) is 5.69 Å². The third-order valence-electron chi connectivity index (χ3n) is 8.82. The molecule has 3 aliphatic rings. The molecule has 0 N–H and O–H groups in total. The van der Waals surface area contributed by atoms with Crippen molar-refractivity contribution in [3.8, 4) is 17.2 Å². The van der Waals surface area contributed by atoms with Gasteiger partial charge in [0.2, 0.25) is 5.75 Å². The molecule has 42 heavy (non-hydrogen) atoms. The van der Waals surface area contributed by atoms with Crippen LogP contribution in [0.25, 0.3) is 6.08 Å². The number of hydrogen-bond acceptors (Lipinski definition) is 7. The number of fused-ring (bicyclic) bond motifs is 5. The number of carbonyl (C=O) groups is 3. The van der Waals surface area contributed by atoms with E-state index >= 15 is 0 Å². The number of benzene rings is 3. The minimum Gasteiger partial charge on any atom is -0.493 e. The molecule has 1 fully saturated rings. The second-order valence-electron chi connectivity index (χ2n) is 12.0. The van der Waals surface area contributed by atoms with Gasteiger partial charge in [0.15, 0.2) is 28.8 Å². The van der Waals surface area contributed by atoms with E-state index in [1.807, 2.05) is 50.0 Å². The van der Waals surface area contributed by atoms with Crippen LogP contribution in [0.1, 0.15) is 58.5 Å². The molecule has 0 saturated carbocycles. The smallest absolute Gasteiger partial charge is 0.203 e. The summed E-state index contributed by atoms with van der Waals surface area (Å²) in [5.74, 6) is -0.484. The number of ketones is 3. The Morgan fingerprint density at radius 2 is 1.48 bits per heavy atom. The number of Topliss-reactive ketones (excluding diaryl/α,β-unsaturated/α-hetero) is 3. The number of rotatable bonds is 5. The third kappa shape index (κ3) is 3.69. The molecule has 216 valence electrons. The number of anilines is 1. The van der Waals surface area contributed by atoms with Crippen LogP contribution in [-0.4, -0.2) is 50.8 Å². The highest BCUT2D eigenvalue weighted by molar-refractivity contribution is 6.32. The molecular weight excluding hydrogens is 554 g/mol. The summed E-state index contributed by atoms with van der Waals surface area (Å²) >= 11 is 6.37. The summed E-state index contributed by atoms with van der Waals surface area (Å²) in [5.41, 5.74) is 0.401. The number of methoxy groups -OCH3 is 3. The van der Waals surface area contributed by atoms with Gasteiger partial charge in [-0.1, -0.05) is 68.8 Å². The van der Waals surface area contributed by atoms with Crippen molar-refractivity contribution >= 4 is 40.7 Å². The fourth-order valence-electron chi connectivity index (χ4n) is 7.05. The van der Waals surface area contributed by atoms with Crippen LogP contribution < -0.4 is 19.1 Å². The predicted octanol–water partition coefficient (Wildman–Crippen LogP) is 6.41. The van der Waals surface area contributed by atoms with Crippen molar-refractivity contribution < 1.29 is 28.6 Å². The van der Waals surface area contributed by atoms with Crippen LogP contribution in [0, 0.1) is 10.8 Å². The van der Waals surface area contributed by atoms with Crippen molar-refractivity contribution in [1.29, 1.82) is 0 Å². The average molecular weight is 586 g/mol. The fraction of sp³-hybridized carbons (Fsp3) is 0.324. The zero-order valence-corrected chi connectivity index (χ0v) is 25.1. The van der Waals surface area contributed by atoms with Gasteiger partial charge in [0.1, 0.15) is 5.41 Å². The fourth-order valence-corrected chi connectivity index (χ4v) is 7.23. The van der Waals surface area contributed by atoms with Crippen molar-refractivity contribution in [3.05, 3.63) is 87.9 Å². The summed E-state index contributed by atoms with van der Waals surface area (Å²) in [6.07, 6.45) is 3.77. The van der Waals surface area contributed by atoms with Crippen molar-refractivity contribution in [1.82, 2.24) is 0 Å². The molecule has 8 heteroatoms. The van der Waals surface area contributed by atoms with Gasteiger partial charge >= 0.3 is 0 Å². The molecule has 0 bridgehead atoms. The maximum Gasteiger partial charge on any atom is 0.203 e. The monoisotopic (exact) mass is 585 g/mol. The third-order valence-corrected chi connectivity index (χ3v) is 9.05. The quantitative estimate of drug-likeness (QED) is 0.320. The molecule has 3 atom stereocenters. The van der Waals surface area contributed by atoms with Crippen molar-refractivity contribution in [3.63, 3.8) is 0 Å². The highest BCUT2D eigenvalue weighted by atomic mass is 35.5. The summed E-state index contributed by atoms with van der Waals surface area (Å²) in [6, 6.07) is 14.3. The summed E-state index contributed by atoms with van der Waals surface area (Å²) < 4.78 is 17.0. The first-order valence-corrected chi connectivity index (χ1v) is 14.2. The van der Waals surface area contributed by atoms with E-state index < -0.39 is 28.8 Å². The largest absolute Gasteiger partial charge is 0.493 e. The lowest BCUT2D eigenvalue weighted by molar-refractivity contribution is -0.127. The second-order valence-corrected chi connectivity index (χ2v) is 12.4. The Kier molecular flexibility index (Phi) is 6.50. The Morgan fingerprint density at radius 1 is 0.881 bits per heavy atom. The Bertz CT molecular complexity index is 1630. The first-order chi connectivity index (χ1) is 20.0. The zero-order valence-electron chi connectivity index (χ0n) is 24.4. The van der Waals surface area contributed by atoms with E-state index in [0.29, 0.717) is 39.0 Å². The lowest BCUT2D eigenvalue weighted by Crippen LogP contribution is -2.49. The normalized spacial score (nSPS) is 21.7. The minimum absolute atomic E-state index is 0.101. The molecule has 2 aliphatic heterocycles. The van der Waals surface area contributed by atoms with Crippen LogP contribution in [0.2, 0.25) is 5.02 Å². The Hall–Kier alpha value is -4.10. The van der Waals surface area contributed by atoms with Gasteiger partial charge < -0.3 is 19.1 Å². The van der Waals surface area contributed by atoms with Gasteiger partial charge in [0.05, 0.1) is 33.4 Å². The standard InChI is InChI=1S/C34H32ClNO6/c1-33(2,3)32(39)28-27(19-16-24(40-4)29(42-6)25(17-19)41-5)34(30(37)21-9-7-8-10-22(21)31(34)38)26-14-11-18-15-20(35)12-13-23(18)36(26)28/h7-17,26-28H,1-6H3. The van der Waals surface area contributed by atoms with Crippen LogP contribution in [0.3, 0.4) is 0 Å². The van der Waals surface area contributed by atoms with Gasteiger partial charge in [-0.2, -0.15) is 0 Å². The molecule has 0 aromatic heterocycles. The van der Waals surface area contributed by atoms with Gasteiger partial charge in [0, 0.05) is 33.2 Å². The summed E-state index contributed by atoms with van der Waals surface area (Å²) in [5, 5.41) is 0.547. The predicted molar refractivity (Wildman–Crippen MR) is 161 cm³/mol. The van der Waals surface area contributed by atoms with Gasteiger partial charge in [0.25, 0.3) is 0 Å². The van der Waals surface area contributed by atoms with Crippen LogP contribution >= 0.6 is 11.6 Å². The molecular formula is C34H32ClNO6. The van der Waals surface area contributed by atoms with E-state index in [0.717, 1.165) is 11.3 Å². The van der Waals surface area contributed by atoms with E-state index in [4.69, 9.17) is 25.8 Å². The van der Waals surface area contributed by atoms with Gasteiger partial charge in [-0.3, -0.25) is 14.4 Å². The second kappa shape index (κ2) is 9.73. The molecule has 3 aromatic rings. The lowest BCUT2D eigenvalue weighted by atomic mass is 9.63. The first-order valence-electron chi connectivity index (χ1n) is 13.8. The van der Waals surface area contributed by atoms with Crippen LogP contribution in [0.15, 0.2) is 60.7 Å². The van der Waals surface area contributed by atoms with Gasteiger partial charge in [-0.25, -0.2) is 0 Å². The molecule has 0 radical (unpaired) electrons. The number of hydrogen-bond donors (Lipinski definition) is 0. The summed E-state index contributed by atoms with van der Waals surface area (Å²) in [7, 11) is 4.53. The number of halogens is 1. The topological polar surface area (TPSA) is 82.1 Å². The highest BCUT2D eigenvalue weighted by Gasteiger charge is 2.72. The van der Waals surface area contributed by atoms with Crippen molar-refractivity contribution in [2.75, 3.05) is 26.2 Å². The molecule has 1 aliphatic carbocycles. The number of carbonyl (C=O) groups excluding carboxylic acids is 3. The van der Waals surface area contributed by atoms with Gasteiger partial charge in [-0.15, -0.1) is 0 Å². The molecule has 3 unspecified atom stereocenters. The van der Waals surface area contributed by atoms with E-state index in [2.05, 4.69) is 0 Å². The first kappa shape index (κ1) is 28.0. The number of ether oxygens (including phenoxy) is 3. The molecule has 1 spiro atoms. The SMILES string of the molecule is COc1cc(C2C(C(=O)C(C)(C)C)N3c4ccc(Cl)cc4C=CC3C23C(=O)c2ccccc2C3=O)cc(OC)c1OC. The number of nitrogens with zero attached hydrogens (tertiary/aromatic N) is 1. The molecule has 2 heterocycles. The average Bonchev–Trinajstić information content (AvgIpc) is 3.41. The van der Waals surface area contributed by atoms with Crippen molar-refractivity contribution in [2.45, 2.75) is 38.8 Å². The zero-order chi connectivity index (χ0) is 30.1. The molecule has 1 saturated heterocycles. The Balaban J connectivity index is 1.73. The van der Waals surface area contributed by atoms with E-state index in [1.54, 1.807) is 42.5 Å². The van der Waals surface area contributed by atoms with E-state index in [-0.39, 0.29) is 17.3 Å². The molecule has 7 nitrogen and oxygen atoms in total. The minimum atomic E-state index is -1.63. The van der Waals surface area contributed by atoms with E-state index in [1.165, 1.54) is 21.3 Å². The van der Waals surface area contributed by atoms with Crippen molar-refractivity contribution in [2.24, 2.45) is 10.8 Å². The molecule has 3 aromatic carbocycles. The van der Waals surface area contributed by atoms with Gasteiger partial charge in [-0.05, 0) is 41.5 Å². The Morgan fingerprint density at radius 3 is 2.00 bits per heavy atom. The Labute approximate surface area is 250 Å². The summed E-state index contributed by atoms with van der Waals surface area (Å²) in [4.78, 5) is 46.2. The molecule has 0 amide bonds. The lowest BCUT2D eigenvalue weighted by Gasteiger charge is -2.38. The van der Waals surface area contributed by atoms with E-state index in [9.17, 15) is 14.4 Å². The maximum absolute atomic E-state index is 14.8. The van der Waals surface area contributed by atoms with Crippen LogP contribution in [-0.2, 0) is 4.79 Å². The van der Waals surface area contributed by atoms with Crippen LogP contribution in [0.5, 0.6) is 17.2 Å². The highest BCUT2D eigenvalue weighted by Crippen LogP contribution is 2.62. The molecule has 6 rings (SSSR count). The maximum atomic E-state index is 14.8. The summed E-state index contributed by atoms with van der Waals surface area (Å²) in [6.45, 7) is 5.57.